The summed E-state index contributed by atoms with van der Waals surface area (Å²) < 4.78 is 13.3. The molecule has 3 N–H and O–H groups in total. The predicted molar refractivity (Wildman–Crippen MR) is 107 cm³/mol. The fourth-order valence-electron chi connectivity index (χ4n) is 2.79. The fourth-order valence-corrected chi connectivity index (χ4v) is 3.86. The zero-order chi connectivity index (χ0) is 20.3. The maximum Gasteiger partial charge on any atom is 0.318 e. The monoisotopic (exact) mass is 398 g/mol. The van der Waals surface area contributed by atoms with Gasteiger partial charge in [-0.2, -0.15) is 0 Å². The predicted octanol–water partition coefficient (Wildman–Crippen LogP) is 3.75. The first kappa shape index (κ1) is 19.8. The number of nitrogens with zero attached hydrogens (tertiary/aromatic N) is 2. The lowest BCUT2D eigenvalue weighted by atomic mass is 10.1. The first-order valence-electron chi connectivity index (χ1n) is 8.65. The van der Waals surface area contributed by atoms with Crippen molar-refractivity contribution in [1.29, 1.82) is 0 Å². The van der Waals surface area contributed by atoms with Gasteiger partial charge >= 0.3 is 6.03 Å². The Morgan fingerprint density at radius 2 is 1.68 bits per heavy atom. The van der Waals surface area contributed by atoms with E-state index in [2.05, 4.69) is 15.5 Å². The molecule has 0 aliphatic heterocycles. The van der Waals surface area contributed by atoms with Crippen molar-refractivity contribution in [3.63, 3.8) is 0 Å². The van der Waals surface area contributed by atoms with Crippen molar-refractivity contribution in [3.05, 3.63) is 54.3 Å². The van der Waals surface area contributed by atoms with Crippen LogP contribution in [0.3, 0.4) is 0 Å². The van der Waals surface area contributed by atoms with Crippen molar-refractivity contribution in [2.45, 2.75) is 24.1 Å². The minimum atomic E-state index is -0.890. The number of nitrogens with two attached hydrogens (primary N) is 1. The van der Waals surface area contributed by atoms with Crippen molar-refractivity contribution in [2.24, 2.45) is 11.7 Å². The molecule has 0 saturated carbocycles. The van der Waals surface area contributed by atoms with Gasteiger partial charge in [-0.05, 0) is 30.2 Å². The molecule has 3 amide bonds. The van der Waals surface area contributed by atoms with E-state index in [0.29, 0.717) is 10.7 Å². The van der Waals surface area contributed by atoms with Gasteiger partial charge in [-0.25, -0.2) is 9.18 Å². The van der Waals surface area contributed by atoms with E-state index in [1.807, 2.05) is 38.1 Å². The molecule has 1 aromatic heterocycles. The number of primary amides is 1. The van der Waals surface area contributed by atoms with Gasteiger partial charge in [-0.3, -0.25) is 10.1 Å². The molecule has 144 valence electrons. The third-order valence-electron chi connectivity index (χ3n) is 4.12. The number of urea groups is 1. The lowest BCUT2D eigenvalue weighted by Crippen LogP contribution is -2.42. The van der Waals surface area contributed by atoms with Crippen molar-refractivity contribution >= 4 is 34.5 Å². The van der Waals surface area contributed by atoms with Gasteiger partial charge in [0.05, 0.1) is 5.25 Å². The third-order valence-corrected chi connectivity index (χ3v) is 5.66. The van der Waals surface area contributed by atoms with Gasteiger partial charge in [0, 0.05) is 16.3 Å². The molecule has 0 aliphatic rings. The Kier molecular flexibility index (Phi) is 5.89. The Morgan fingerprint density at radius 3 is 2.29 bits per heavy atom. The molecule has 2 aromatic carbocycles. The van der Waals surface area contributed by atoms with Gasteiger partial charge in [0.1, 0.15) is 16.5 Å². The standard InChI is InChI=1S/C20H19FN4O2S/c1-11(2)17(18(26)23-20(22)27)28-19-15-6-4-3-5-14(15)16(24-25-19)12-7-9-13(21)10-8-12/h3-11,17H,1-2H3,(H3,22,23,26,27). The molecular formula is C20H19FN4O2S. The minimum Gasteiger partial charge on any atom is -0.351 e. The largest absolute Gasteiger partial charge is 0.351 e. The summed E-state index contributed by atoms with van der Waals surface area (Å²) in [7, 11) is 0. The van der Waals surface area contributed by atoms with Crippen LogP contribution in [0.5, 0.6) is 0 Å². The number of hydrogen-bond donors (Lipinski definition) is 2. The molecule has 0 spiro atoms. The summed E-state index contributed by atoms with van der Waals surface area (Å²) in [6.45, 7) is 3.75. The van der Waals surface area contributed by atoms with E-state index in [-0.39, 0.29) is 11.7 Å². The number of carbonyl (C=O) groups excluding carboxylic acids is 2. The number of imide groups is 1. The van der Waals surface area contributed by atoms with Crippen LogP contribution in [-0.2, 0) is 4.79 Å². The van der Waals surface area contributed by atoms with Crippen LogP contribution in [0.25, 0.3) is 22.0 Å². The van der Waals surface area contributed by atoms with Gasteiger partial charge in [0.15, 0.2) is 0 Å². The number of aromatic nitrogens is 2. The molecule has 0 fully saturated rings. The van der Waals surface area contributed by atoms with Crippen LogP contribution < -0.4 is 11.1 Å². The topological polar surface area (TPSA) is 98.0 Å². The highest BCUT2D eigenvalue weighted by molar-refractivity contribution is 8.00. The van der Waals surface area contributed by atoms with E-state index >= 15 is 0 Å². The SMILES string of the molecule is CC(C)C(Sc1nnc(-c2ccc(F)cc2)c2ccccc12)C(=O)NC(N)=O. The molecule has 0 saturated heterocycles. The number of amides is 3. The second kappa shape index (κ2) is 8.35. The molecule has 0 bridgehead atoms. The average Bonchev–Trinajstić information content (AvgIpc) is 2.66. The smallest absolute Gasteiger partial charge is 0.318 e. The van der Waals surface area contributed by atoms with Crippen LogP contribution in [0.4, 0.5) is 9.18 Å². The van der Waals surface area contributed by atoms with E-state index in [1.54, 1.807) is 12.1 Å². The number of fused-ring (bicyclic) bond motifs is 1. The molecule has 1 atom stereocenters. The molecule has 1 heterocycles. The highest BCUT2D eigenvalue weighted by Crippen LogP contribution is 2.35. The number of carbonyl (C=O) groups is 2. The molecule has 6 nitrogen and oxygen atoms in total. The van der Waals surface area contributed by atoms with Crippen molar-refractivity contribution in [2.75, 3.05) is 0 Å². The van der Waals surface area contributed by atoms with E-state index in [9.17, 15) is 14.0 Å². The highest BCUT2D eigenvalue weighted by atomic mass is 32.2. The van der Waals surface area contributed by atoms with Crippen molar-refractivity contribution < 1.29 is 14.0 Å². The number of nitrogens with one attached hydrogen (secondary N) is 1. The van der Waals surface area contributed by atoms with E-state index in [4.69, 9.17) is 5.73 Å². The highest BCUT2D eigenvalue weighted by Gasteiger charge is 2.26. The number of thioether (sulfide) groups is 1. The number of halogens is 1. The average molecular weight is 398 g/mol. The first-order valence-corrected chi connectivity index (χ1v) is 9.53. The van der Waals surface area contributed by atoms with Crippen LogP contribution in [0.15, 0.2) is 53.6 Å². The van der Waals surface area contributed by atoms with Gasteiger partial charge in [-0.1, -0.05) is 49.9 Å². The maximum atomic E-state index is 13.3. The Labute approximate surface area is 165 Å². The van der Waals surface area contributed by atoms with E-state index in [0.717, 1.165) is 16.3 Å². The molecule has 8 heteroatoms. The number of rotatable bonds is 5. The first-order chi connectivity index (χ1) is 13.4. The summed E-state index contributed by atoms with van der Waals surface area (Å²) in [5.41, 5.74) is 6.45. The van der Waals surface area contributed by atoms with Crippen LogP contribution in [0.1, 0.15) is 13.8 Å². The van der Waals surface area contributed by atoms with Crippen molar-refractivity contribution in [1.82, 2.24) is 15.5 Å². The number of benzene rings is 2. The molecule has 0 aliphatic carbocycles. The Hall–Kier alpha value is -3.00. The summed E-state index contributed by atoms with van der Waals surface area (Å²) >= 11 is 1.23. The molecule has 3 aromatic rings. The van der Waals surface area contributed by atoms with Crippen LogP contribution in [0, 0.1) is 11.7 Å². The summed E-state index contributed by atoms with van der Waals surface area (Å²) in [5, 5.41) is 12.4. The van der Waals surface area contributed by atoms with Gasteiger partial charge < -0.3 is 5.73 Å². The zero-order valence-electron chi connectivity index (χ0n) is 15.3. The van der Waals surface area contributed by atoms with Crippen LogP contribution in [-0.4, -0.2) is 27.4 Å². The van der Waals surface area contributed by atoms with Gasteiger partial charge in [0.2, 0.25) is 5.91 Å². The molecule has 0 radical (unpaired) electrons. The molecule has 28 heavy (non-hydrogen) atoms. The normalized spacial score (nSPS) is 12.1. The second-order valence-corrected chi connectivity index (χ2v) is 7.67. The van der Waals surface area contributed by atoms with Crippen molar-refractivity contribution in [3.8, 4) is 11.3 Å². The van der Waals surface area contributed by atoms with Crippen LogP contribution >= 0.6 is 11.8 Å². The van der Waals surface area contributed by atoms with E-state index < -0.39 is 17.2 Å². The summed E-state index contributed by atoms with van der Waals surface area (Å²) in [5.74, 6) is -0.865. The Morgan fingerprint density at radius 1 is 1.04 bits per heavy atom. The minimum absolute atomic E-state index is 0.0679. The molecule has 1 unspecified atom stereocenters. The summed E-state index contributed by atoms with van der Waals surface area (Å²) in [4.78, 5) is 23.4. The van der Waals surface area contributed by atoms with Crippen LogP contribution in [0.2, 0.25) is 0 Å². The van der Waals surface area contributed by atoms with Gasteiger partial charge in [0.25, 0.3) is 0 Å². The third kappa shape index (κ3) is 4.28. The quantitative estimate of drug-likeness (QED) is 0.638. The Bertz CT molecular complexity index is 1020. The fraction of sp³-hybridized carbons (Fsp3) is 0.200. The Balaban J connectivity index is 2.03. The summed E-state index contributed by atoms with van der Waals surface area (Å²) in [6.07, 6.45) is 0. The second-order valence-electron chi connectivity index (χ2n) is 6.54. The van der Waals surface area contributed by atoms with E-state index in [1.165, 1.54) is 23.9 Å². The maximum absolute atomic E-state index is 13.3. The lowest BCUT2D eigenvalue weighted by Gasteiger charge is -2.19. The molecule has 3 rings (SSSR count). The summed E-state index contributed by atoms with van der Waals surface area (Å²) in [6, 6.07) is 12.7. The molecular weight excluding hydrogens is 379 g/mol. The number of hydrogen-bond acceptors (Lipinski definition) is 5. The zero-order valence-corrected chi connectivity index (χ0v) is 16.2. The lowest BCUT2D eigenvalue weighted by molar-refractivity contribution is -0.120. The van der Waals surface area contributed by atoms with Gasteiger partial charge in [-0.15, -0.1) is 10.2 Å².